The molecule has 0 bridgehead atoms. The van der Waals surface area contributed by atoms with Gasteiger partial charge in [0.05, 0.1) is 0 Å². The molecule has 22 heavy (non-hydrogen) atoms. The third-order valence-corrected chi connectivity index (χ3v) is 4.81. The summed E-state index contributed by atoms with van der Waals surface area (Å²) in [4.78, 5) is 0. The van der Waals surface area contributed by atoms with Gasteiger partial charge < -0.3 is 10.2 Å². The number of fused-ring (bicyclic) bond motifs is 1. The lowest BCUT2D eigenvalue weighted by Crippen LogP contribution is -1.95. The van der Waals surface area contributed by atoms with Crippen molar-refractivity contribution in [1.82, 2.24) is 0 Å². The van der Waals surface area contributed by atoms with Gasteiger partial charge in [-0.1, -0.05) is 64.2 Å². The second kappa shape index (κ2) is 9.56. The van der Waals surface area contributed by atoms with Gasteiger partial charge in [0.25, 0.3) is 0 Å². The SMILES string of the molecule is N#Cc1c(N)oc2c1CCCCCCCCCCCCCC2. The Labute approximate surface area is 134 Å². The van der Waals surface area contributed by atoms with E-state index in [2.05, 4.69) is 6.07 Å². The van der Waals surface area contributed by atoms with Crippen LogP contribution in [0.4, 0.5) is 5.88 Å². The van der Waals surface area contributed by atoms with E-state index < -0.39 is 0 Å². The molecule has 0 atom stereocenters. The minimum absolute atomic E-state index is 0.324. The number of nitriles is 1. The number of hydrogen-bond donors (Lipinski definition) is 1. The van der Waals surface area contributed by atoms with Crippen LogP contribution in [0.15, 0.2) is 4.42 Å². The fraction of sp³-hybridized carbons (Fsp3) is 0.737. The highest BCUT2D eigenvalue weighted by Gasteiger charge is 2.17. The lowest BCUT2D eigenvalue weighted by Gasteiger charge is -2.06. The summed E-state index contributed by atoms with van der Waals surface area (Å²) in [6, 6.07) is 2.24. The first-order valence-corrected chi connectivity index (χ1v) is 9.13. The molecule has 0 aliphatic heterocycles. The lowest BCUT2D eigenvalue weighted by atomic mass is 9.98. The van der Waals surface area contributed by atoms with Crippen molar-refractivity contribution in [1.29, 1.82) is 5.26 Å². The summed E-state index contributed by atoms with van der Waals surface area (Å²) in [5.41, 5.74) is 7.56. The normalized spacial score (nSPS) is 19.2. The van der Waals surface area contributed by atoms with Crippen LogP contribution in [0.1, 0.15) is 93.9 Å². The Balaban J connectivity index is 1.99. The third-order valence-electron chi connectivity index (χ3n) is 4.81. The molecule has 1 aliphatic rings. The number of hydrogen-bond acceptors (Lipinski definition) is 3. The highest BCUT2D eigenvalue weighted by molar-refractivity contribution is 5.54. The van der Waals surface area contributed by atoms with Crippen LogP contribution >= 0.6 is 0 Å². The number of nitrogen functional groups attached to an aromatic ring is 1. The number of rotatable bonds is 0. The molecule has 2 N–H and O–H groups in total. The average molecular weight is 302 g/mol. The highest BCUT2D eigenvalue weighted by atomic mass is 16.4. The number of aryl methyl sites for hydroxylation is 1. The summed E-state index contributed by atoms with van der Waals surface area (Å²) in [6.45, 7) is 0. The molecule has 0 radical (unpaired) electrons. The zero-order valence-electron chi connectivity index (χ0n) is 13.8. The highest BCUT2D eigenvalue weighted by Crippen LogP contribution is 2.28. The van der Waals surface area contributed by atoms with Crippen molar-refractivity contribution >= 4 is 5.88 Å². The number of furan rings is 1. The standard InChI is InChI=1S/C19H30N2O/c20-15-17-16-13-11-9-7-5-3-1-2-4-6-8-10-12-14-18(16)22-19(17)21/h1-14,21H2. The van der Waals surface area contributed by atoms with E-state index in [0.29, 0.717) is 11.4 Å². The Kier molecular flexibility index (Phi) is 7.36. The predicted octanol–water partition coefficient (Wildman–Crippen LogP) is 5.51. The largest absolute Gasteiger partial charge is 0.444 e. The van der Waals surface area contributed by atoms with Crippen molar-refractivity contribution in [3.8, 4) is 6.07 Å². The Morgan fingerprint density at radius 1 is 0.727 bits per heavy atom. The van der Waals surface area contributed by atoms with Crippen LogP contribution in [0.3, 0.4) is 0 Å². The van der Waals surface area contributed by atoms with Crippen molar-refractivity contribution in [2.24, 2.45) is 0 Å². The second-order valence-corrected chi connectivity index (χ2v) is 6.60. The molecule has 0 amide bonds. The fourth-order valence-electron chi connectivity index (χ4n) is 3.48. The fourth-order valence-corrected chi connectivity index (χ4v) is 3.48. The van der Waals surface area contributed by atoms with E-state index in [0.717, 1.165) is 37.0 Å². The summed E-state index contributed by atoms with van der Waals surface area (Å²) < 4.78 is 5.69. The molecule has 0 saturated heterocycles. The van der Waals surface area contributed by atoms with Gasteiger partial charge >= 0.3 is 0 Å². The van der Waals surface area contributed by atoms with Crippen LogP contribution in [0.2, 0.25) is 0 Å². The molecular weight excluding hydrogens is 272 g/mol. The van der Waals surface area contributed by atoms with Crippen molar-refractivity contribution < 1.29 is 4.42 Å². The molecule has 0 unspecified atom stereocenters. The van der Waals surface area contributed by atoms with Gasteiger partial charge in [0, 0.05) is 12.0 Å². The van der Waals surface area contributed by atoms with E-state index in [1.807, 2.05) is 0 Å². The van der Waals surface area contributed by atoms with Gasteiger partial charge in [-0.15, -0.1) is 0 Å². The number of nitrogens with two attached hydrogens (primary N) is 1. The smallest absolute Gasteiger partial charge is 0.208 e. The van der Waals surface area contributed by atoms with Crippen LogP contribution in [0.25, 0.3) is 0 Å². The minimum atomic E-state index is 0.324. The van der Waals surface area contributed by atoms with E-state index in [4.69, 9.17) is 10.2 Å². The van der Waals surface area contributed by atoms with Gasteiger partial charge in [-0.2, -0.15) is 5.26 Å². The molecule has 0 aromatic carbocycles. The molecule has 3 heteroatoms. The molecule has 122 valence electrons. The molecule has 1 aromatic heterocycles. The van der Waals surface area contributed by atoms with E-state index in [1.165, 1.54) is 64.2 Å². The molecule has 1 aliphatic carbocycles. The van der Waals surface area contributed by atoms with Gasteiger partial charge in [-0.3, -0.25) is 0 Å². The second-order valence-electron chi connectivity index (χ2n) is 6.60. The first kappa shape index (κ1) is 16.9. The molecular formula is C19H30N2O. The molecule has 0 spiro atoms. The summed E-state index contributed by atoms with van der Waals surface area (Å²) in [6.07, 6.45) is 17.6. The van der Waals surface area contributed by atoms with Gasteiger partial charge in [0.1, 0.15) is 17.4 Å². The van der Waals surface area contributed by atoms with Crippen molar-refractivity contribution in [3.05, 3.63) is 16.9 Å². The van der Waals surface area contributed by atoms with Crippen LogP contribution in [-0.2, 0) is 12.8 Å². The van der Waals surface area contributed by atoms with Gasteiger partial charge in [-0.05, 0) is 19.3 Å². The number of nitrogens with zero attached hydrogens (tertiary/aromatic N) is 1. The monoisotopic (exact) mass is 302 g/mol. The summed E-state index contributed by atoms with van der Waals surface area (Å²) in [7, 11) is 0. The Hall–Kier alpha value is -1.43. The lowest BCUT2D eigenvalue weighted by molar-refractivity contribution is 0.491. The predicted molar refractivity (Wildman–Crippen MR) is 90.6 cm³/mol. The van der Waals surface area contributed by atoms with Gasteiger partial charge in [0.2, 0.25) is 5.88 Å². The van der Waals surface area contributed by atoms with E-state index >= 15 is 0 Å². The maximum Gasteiger partial charge on any atom is 0.208 e. The van der Waals surface area contributed by atoms with E-state index in [9.17, 15) is 5.26 Å². The van der Waals surface area contributed by atoms with Gasteiger partial charge in [-0.25, -0.2) is 0 Å². The minimum Gasteiger partial charge on any atom is -0.444 e. The topological polar surface area (TPSA) is 63.0 Å². The molecule has 1 aromatic rings. The average Bonchev–Trinajstić information content (AvgIpc) is 2.81. The Bertz CT molecular complexity index is 484. The molecule has 0 fully saturated rings. The van der Waals surface area contributed by atoms with Crippen molar-refractivity contribution in [2.45, 2.75) is 89.9 Å². The number of anilines is 1. The Morgan fingerprint density at radius 3 is 1.68 bits per heavy atom. The zero-order valence-corrected chi connectivity index (χ0v) is 13.8. The molecule has 1 heterocycles. The van der Waals surface area contributed by atoms with Crippen LogP contribution < -0.4 is 5.73 Å². The van der Waals surface area contributed by atoms with Crippen molar-refractivity contribution in [2.75, 3.05) is 5.73 Å². The summed E-state index contributed by atoms with van der Waals surface area (Å²) >= 11 is 0. The van der Waals surface area contributed by atoms with Crippen LogP contribution in [-0.4, -0.2) is 0 Å². The van der Waals surface area contributed by atoms with Crippen LogP contribution in [0.5, 0.6) is 0 Å². The molecule has 2 rings (SSSR count). The van der Waals surface area contributed by atoms with E-state index in [1.54, 1.807) is 0 Å². The molecule has 3 nitrogen and oxygen atoms in total. The summed E-state index contributed by atoms with van der Waals surface area (Å²) in [5, 5.41) is 9.31. The van der Waals surface area contributed by atoms with Crippen LogP contribution in [0, 0.1) is 11.3 Å². The van der Waals surface area contributed by atoms with Gasteiger partial charge in [0.15, 0.2) is 0 Å². The van der Waals surface area contributed by atoms with E-state index in [-0.39, 0.29) is 0 Å². The molecule has 0 saturated carbocycles. The summed E-state index contributed by atoms with van der Waals surface area (Å²) in [5.74, 6) is 1.30. The van der Waals surface area contributed by atoms with Crippen molar-refractivity contribution in [3.63, 3.8) is 0 Å². The first-order chi connectivity index (χ1) is 10.8. The quantitative estimate of drug-likeness (QED) is 0.687. The maximum absolute atomic E-state index is 9.31. The third kappa shape index (κ3) is 5.09. The first-order valence-electron chi connectivity index (χ1n) is 9.13. The Morgan fingerprint density at radius 2 is 1.18 bits per heavy atom. The zero-order chi connectivity index (χ0) is 15.6. The maximum atomic E-state index is 9.31.